The summed E-state index contributed by atoms with van der Waals surface area (Å²) in [6.45, 7) is 1.85. The molecule has 0 saturated heterocycles. The molecule has 1 saturated carbocycles. The molecule has 1 aromatic carbocycles. The van der Waals surface area contributed by atoms with Crippen LogP contribution in [0.15, 0.2) is 71.9 Å². The zero-order valence-electron chi connectivity index (χ0n) is 21.1. The van der Waals surface area contributed by atoms with Gasteiger partial charge in [-0.25, -0.2) is 18.4 Å². The van der Waals surface area contributed by atoms with Gasteiger partial charge in [0.05, 0.1) is 5.69 Å². The van der Waals surface area contributed by atoms with Gasteiger partial charge in [-0.15, -0.1) is 0 Å². The molecule has 1 aliphatic rings. The second kappa shape index (κ2) is 11.0. The van der Waals surface area contributed by atoms with Crippen molar-refractivity contribution in [3.63, 3.8) is 0 Å². The van der Waals surface area contributed by atoms with Crippen LogP contribution in [-0.4, -0.2) is 36.0 Å². The highest BCUT2D eigenvalue weighted by Crippen LogP contribution is 2.47. The number of nitrogens with two attached hydrogens (primary N) is 1. The molecule has 1 unspecified atom stereocenters. The first-order valence-electron chi connectivity index (χ1n) is 12.7. The second-order valence-corrected chi connectivity index (χ2v) is 12.0. The van der Waals surface area contributed by atoms with Gasteiger partial charge in [-0.05, 0) is 60.1 Å². The molecule has 0 spiro atoms. The van der Waals surface area contributed by atoms with E-state index in [1.165, 1.54) is 43.5 Å². The fourth-order valence-electron chi connectivity index (χ4n) is 5.03. The fraction of sp³-hybridized carbons (Fsp3) is 0.393. The summed E-state index contributed by atoms with van der Waals surface area (Å²) >= 11 is 0. The number of hydrogen-bond donors (Lipinski definition) is 3. The quantitative estimate of drug-likeness (QED) is 0.318. The number of aliphatic carboxylic acids is 1. The minimum Gasteiger partial charge on any atom is -0.480 e. The predicted octanol–water partition coefficient (Wildman–Crippen LogP) is 4.41. The smallest absolute Gasteiger partial charge is 0.322 e. The largest absolute Gasteiger partial charge is 0.480 e. The van der Waals surface area contributed by atoms with Crippen LogP contribution >= 0.6 is 0 Å². The number of sulfone groups is 1. The average Bonchev–Trinajstić information content (AvgIpc) is 2.88. The molecule has 1 atom stereocenters. The molecule has 3 aromatic rings. The fourth-order valence-corrected chi connectivity index (χ4v) is 6.61. The van der Waals surface area contributed by atoms with Gasteiger partial charge in [0.15, 0.2) is 9.90 Å². The molecule has 2 heterocycles. The van der Waals surface area contributed by atoms with E-state index < -0.39 is 20.7 Å². The first-order valence-corrected chi connectivity index (χ1v) is 14.2. The number of nitrogens with zero attached hydrogens (tertiary/aromatic N) is 2. The van der Waals surface area contributed by atoms with Gasteiger partial charge in [0.1, 0.15) is 12.4 Å². The minimum absolute atomic E-state index is 0.0243. The van der Waals surface area contributed by atoms with Crippen molar-refractivity contribution in [2.45, 2.75) is 67.2 Å². The Kier molecular flexibility index (Phi) is 7.94. The van der Waals surface area contributed by atoms with Crippen molar-refractivity contribution in [1.29, 1.82) is 0 Å². The van der Waals surface area contributed by atoms with Crippen LogP contribution in [-0.2, 0) is 31.3 Å². The SMILES string of the molecule is CCCCC1(c2ccc(CC(N)(c3cccc(NCC(=O)O)n3)S(=O)(=O)c3ccccn3)cc2)CCC1. The number of anilines is 1. The van der Waals surface area contributed by atoms with Gasteiger partial charge in [0, 0.05) is 12.6 Å². The minimum atomic E-state index is -4.18. The maximum absolute atomic E-state index is 13.9. The van der Waals surface area contributed by atoms with Crippen LogP contribution in [0, 0.1) is 0 Å². The summed E-state index contributed by atoms with van der Waals surface area (Å²) < 4.78 is 27.8. The van der Waals surface area contributed by atoms with Crippen LogP contribution in [0.4, 0.5) is 5.82 Å². The molecule has 1 fully saturated rings. The van der Waals surface area contributed by atoms with Gasteiger partial charge in [-0.1, -0.05) is 62.6 Å². The standard InChI is InChI=1S/C28H34N4O4S/c1-2-3-15-27(16-7-17-27)22-13-11-21(12-14-22)19-28(29,37(35,36)25-10-4-5-18-30-25)23-8-6-9-24(32-23)31-20-26(33)34/h4-6,8-14,18H,2-3,7,15-17,19-20,29H2,1H3,(H,31,32)(H,33,34). The zero-order chi connectivity index (χ0) is 26.5. The highest BCUT2D eigenvalue weighted by molar-refractivity contribution is 7.92. The van der Waals surface area contributed by atoms with Crippen molar-refractivity contribution in [2.75, 3.05) is 11.9 Å². The highest BCUT2D eigenvalue weighted by Gasteiger charge is 2.45. The lowest BCUT2D eigenvalue weighted by molar-refractivity contribution is -0.134. The van der Waals surface area contributed by atoms with E-state index in [1.54, 1.807) is 30.3 Å². The second-order valence-electron chi connectivity index (χ2n) is 9.83. The number of pyridine rings is 2. The summed E-state index contributed by atoms with van der Waals surface area (Å²) in [4.78, 5) is 17.6. The first-order chi connectivity index (χ1) is 17.7. The molecule has 9 heteroatoms. The summed E-state index contributed by atoms with van der Waals surface area (Å²) in [5.41, 5.74) is 9.17. The molecule has 196 valence electrons. The van der Waals surface area contributed by atoms with Crippen LogP contribution in [0.2, 0.25) is 0 Å². The third-order valence-corrected chi connectivity index (χ3v) is 9.45. The normalized spacial score (nSPS) is 16.4. The van der Waals surface area contributed by atoms with E-state index in [4.69, 9.17) is 10.8 Å². The molecule has 4 rings (SSSR count). The number of hydrogen-bond acceptors (Lipinski definition) is 7. The molecule has 0 bridgehead atoms. The van der Waals surface area contributed by atoms with Gasteiger partial charge in [-0.2, -0.15) is 0 Å². The molecule has 4 N–H and O–H groups in total. The molecular weight excluding hydrogens is 488 g/mol. The Hall–Kier alpha value is -3.30. The van der Waals surface area contributed by atoms with E-state index in [0.29, 0.717) is 0 Å². The molecule has 8 nitrogen and oxygen atoms in total. The van der Waals surface area contributed by atoms with E-state index in [2.05, 4.69) is 34.3 Å². The Morgan fingerprint density at radius 2 is 1.86 bits per heavy atom. The topological polar surface area (TPSA) is 135 Å². The number of carboxylic acids is 1. The summed E-state index contributed by atoms with van der Waals surface area (Å²) in [7, 11) is -4.18. The number of rotatable bonds is 12. The average molecular weight is 523 g/mol. The van der Waals surface area contributed by atoms with Gasteiger partial charge in [-0.3, -0.25) is 4.79 Å². The Bertz CT molecular complexity index is 1330. The molecule has 0 radical (unpaired) electrons. The summed E-state index contributed by atoms with van der Waals surface area (Å²) in [5.74, 6) is -0.834. The monoisotopic (exact) mass is 522 g/mol. The van der Waals surface area contributed by atoms with Crippen LogP contribution in [0.5, 0.6) is 0 Å². The third-order valence-electron chi connectivity index (χ3n) is 7.35. The number of aromatic nitrogens is 2. The zero-order valence-corrected chi connectivity index (χ0v) is 21.9. The Morgan fingerprint density at radius 1 is 1.11 bits per heavy atom. The molecule has 2 aromatic heterocycles. The summed E-state index contributed by atoms with van der Waals surface area (Å²) in [6.07, 6.45) is 8.50. The number of benzene rings is 1. The van der Waals surface area contributed by atoms with E-state index in [1.807, 2.05) is 12.1 Å². The molecular formula is C28H34N4O4S. The van der Waals surface area contributed by atoms with E-state index in [-0.39, 0.29) is 34.9 Å². The van der Waals surface area contributed by atoms with Gasteiger partial charge >= 0.3 is 5.97 Å². The summed E-state index contributed by atoms with van der Waals surface area (Å²) in [5, 5.41) is 11.6. The van der Waals surface area contributed by atoms with Gasteiger partial charge in [0.25, 0.3) is 0 Å². The molecule has 0 aliphatic heterocycles. The number of carbonyl (C=O) groups is 1. The van der Waals surface area contributed by atoms with Crippen LogP contribution in [0.3, 0.4) is 0 Å². The Labute approximate surface area is 218 Å². The lowest BCUT2D eigenvalue weighted by Crippen LogP contribution is -2.47. The predicted molar refractivity (Wildman–Crippen MR) is 143 cm³/mol. The van der Waals surface area contributed by atoms with Crippen LogP contribution in [0.25, 0.3) is 0 Å². The maximum Gasteiger partial charge on any atom is 0.322 e. The molecule has 1 aliphatic carbocycles. The Balaban J connectivity index is 1.71. The summed E-state index contributed by atoms with van der Waals surface area (Å²) in [6, 6.07) is 17.5. The van der Waals surface area contributed by atoms with E-state index in [0.717, 1.165) is 18.4 Å². The number of carboxylic acid groups (broad SMARTS) is 1. The number of unbranched alkanes of at least 4 members (excludes halogenated alkanes) is 1. The van der Waals surface area contributed by atoms with Gasteiger partial charge < -0.3 is 16.2 Å². The number of nitrogens with one attached hydrogen (secondary N) is 1. The molecule has 37 heavy (non-hydrogen) atoms. The Morgan fingerprint density at radius 3 is 2.46 bits per heavy atom. The van der Waals surface area contributed by atoms with Crippen molar-refractivity contribution < 1.29 is 18.3 Å². The lowest BCUT2D eigenvalue weighted by atomic mass is 9.62. The third kappa shape index (κ3) is 5.52. The highest BCUT2D eigenvalue weighted by atomic mass is 32.2. The lowest BCUT2D eigenvalue weighted by Gasteiger charge is -2.43. The van der Waals surface area contributed by atoms with Crippen molar-refractivity contribution in [1.82, 2.24) is 9.97 Å². The van der Waals surface area contributed by atoms with Crippen LogP contribution in [0.1, 0.15) is 62.3 Å². The van der Waals surface area contributed by atoms with Crippen molar-refractivity contribution in [3.8, 4) is 0 Å². The van der Waals surface area contributed by atoms with Crippen molar-refractivity contribution >= 4 is 21.6 Å². The first kappa shape index (κ1) is 26.8. The van der Waals surface area contributed by atoms with Crippen molar-refractivity contribution in [2.24, 2.45) is 5.73 Å². The van der Waals surface area contributed by atoms with E-state index in [9.17, 15) is 13.2 Å². The van der Waals surface area contributed by atoms with Crippen LogP contribution < -0.4 is 11.1 Å². The van der Waals surface area contributed by atoms with E-state index >= 15 is 0 Å². The molecule has 0 amide bonds. The maximum atomic E-state index is 13.9. The van der Waals surface area contributed by atoms with Crippen molar-refractivity contribution in [3.05, 3.63) is 83.7 Å². The van der Waals surface area contributed by atoms with Gasteiger partial charge in [0.2, 0.25) is 9.84 Å².